The standard InChI is InChI=1S/C25H26ClN3O6S/c1-15-22(27-29(25(32)36-15)24(31)35-12-10-26)17-6-8-19-16(13-17)5-4-11-28(19)23(30)18-7-9-20(33-2)21(14-18)34-3/h6-9,13-15H,4-5,10-12H2,1-3H3. The summed E-state index contributed by atoms with van der Waals surface area (Å²) in [7, 11) is 3.08. The largest absolute Gasteiger partial charge is 0.493 e. The zero-order chi connectivity index (χ0) is 25.8. The van der Waals surface area contributed by atoms with E-state index < -0.39 is 11.3 Å². The summed E-state index contributed by atoms with van der Waals surface area (Å²) in [5.74, 6) is 1.03. The van der Waals surface area contributed by atoms with Crippen LogP contribution in [0, 0.1) is 0 Å². The van der Waals surface area contributed by atoms with Gasteiger partial charge in [0.25, 0.3) is 5.91 Å². The Morgan fingerprint density at radius 2 is 1.92 bits per heavy atom. The smallest absolute Gasteiger partial charge is 0.438 e. The predicted octanol–water partition coefficient (Wildman–Crippen LogP) is 4.93. The number of alkyl halides is 1. The first-order chi connectivity index (χ1) is 17.4. The van der Waals surface area contributed by atoms with Gasteiger partial charge in [0.2, 0.25) is 0 Å². The fraction of sp³-hybridized carbons (Fsp3) is 0.360. The van der Waals surface area contributed by atoms with Crippen molar-refractivity contribution >= 4 is 52.0 Å². The number of rotatable bonds is 6. The molecule has 1 unspecified atom stereocenters. The summed E-state index contributed by atoms with van der Waals surface area (Å²) in [6.45, 7) is 2.43. The lowest BCUT2D eigenvalue weighted by Crippen LogP contribution is -2.39. The van der Waals surface area contributed by atoms with Gasteiger partial charge < -0.3 is 19.1 Å². The van der Waals surface area contributed by atoms with E-state index in [1.165, 1.54) is 7.11 Å². The molecule has 2 aliphatic rings. The molecule has 0 aromatic heterocycles. The number of carbonyl (C=O) groups excluding carboxylic acids is 3. The number of hydrogen-bond donors (Lipinski definition) is 0. The summed E-state index contributed by atoms with van der Waals surface area (Å²) in [5.41, 5.74) is 3.65. The third-order valence-corrected chi connectivity index (χ3v) is 6.99. The highest BCUT2D eigenvalue weighted by Gasteiger charge is 2.34. The number of nitrogens with zero attached hydrogens (tertiary/aromatic N) is 3. The van der Waals surface area contributed by atoms with Crippen LogP contribution in [0.2, 0.25) is 0 Å². The number of aryl methyl sites for hydroxylation is 1. The molecule has 0 saturated heterocycles. The number of hydrazone groups is 1. The fourth-order valence-corrected chi connectivity index (χ4v) is 5.06. The van der Waals surface area contributed by atoms with Gasteiger partial charge in [0, 0.05) is 17.8 Å². The van der Waals surface area contributed by atoms with Crippen LogP contribution in [0.5, 0.6) is 11.5 Å². The van der Waals surface area contributed by atoms with E-state index in [9.17, 15) is 14.4 Å². The molecule has 2 heterocycles. The average molecular weight is 532 g/mol. The Bertz CT molecular complexity index is 1220. The monoisotopic (exact) mass is 531 g/mol. The highest BCUT2D eigenvalue weighted by Crippen LogP contribution is 2.34. The SMILES string of the molecule is COc1ccc(C(=O)N2CCCc3cc(C4=NN(C(=O)OCCCl)C(=O)SC4C)ccc32)cc1OC. The van der Waals surface area contributed by atoms with Gasteiger partial charge in [-0.05, 0) is 61.2 Å². The van der Waals surface area contributed by atoms with Crippen molar-refractivity contribution in [3.05, 3.63) is 53.1 Å². The van der Waals surface area contributed by atoms with Gasteiger partial charge in [-0.25, -0.2) is 4.79 Å². The molecule has 190 valence electrons. The number of ether oxygens (including phenoxy) is 3. The molecule has 2 aliphatic heterocycles. The van der Waals surface area contributed by atoms with Crippen molar-refractivity contribution in [3.63, 3.8) is 0 Å². The zero-order valence-corrected chi connectivity index (χ0v) is 21.7. The van der Waals surface area contributed by atoms with Crippen molar-refractivity contribution < 1.29 is 28.6 Å². The molecule has 4 rings (SSSR count). The van der Waals surface area contributed by atoms with Crippen molar-refractivity contribution in [3.8, 4) is 11.5 Å². The number of benzene rings is 2. The summed E-state index contributed by atoms with van der Waals surface area (Å²) in [6.07, 6.45) is 0.720. The van der Waals surface area contributed by atoms with E-state index in [1.807, 2.05) is 25.1 Å². The van der Waals surface area contributed by atoms with Crippen LogP contribution in [0.4, 0.5) is 15.3 Å². The summed E-state index contributed by atoms with van der Waals surface area (Å²) < 4.78 is 15.6. The molecule has 2 aromatic rings. The quantitative estimate of drug-likeness (QED) is 0.487. The summed E-state index contributed by atoms with van der Waals surface area (Å²) >= 11 is 6.57. The van der Waals surface area contributed by atoms with Crippen molar-refractivity contribution in [2.24, 2.45) is 5.10 Å². The lowest BCUT2D eigenvalue weighted by atomic mass is 9.96. The van der Waals surface area contributed by atoms with E-state index in [0.29, 0.717) is 29.3 Å². The van der Waals surface area contributed by atoms with Crippen molar-refractivity contribution in [1.82, 2.24) is 5.01 Å². The van der Waals surface area contributed by atoms with Gasteiger partial charge in [-0.15, -0.1) is 16.6 Å². The predicted molar refractivity (Wildman–Crippen MR) is 139 cm³/mol. The molecule has 0 N–H and O–H groups in total. The highest BCUT2D eigenvalue weighted by atomic mass is 35.5. The van der Waals surface area contributed by atoms with E-state index in [2.05, 4.69) is 5.10 Å². The van der Waals surface area contributed by atoms with E-state index >= 15 is 0 Å². The number of anilines is 1. The Balaban J connectivity index is 1.63. The van der Waals surface area contributed by atoms with Crippen molar-refractivity contribution in [2.75, 3.05) is 38.2 Å². The molecule has 0 saturated carbocycles. The summed E-state index contributed by atoms with van der Waals surface area (Å²) in [5, 5.41) is 4.28. The van der Waals surface area contributed by atoms with Gasteiger partial charge in [0.1, 0.15) is 6.61 Å². The van der Waals surface area contributed by atoms with Gasteiger partial charge in [0.15, 0.2) is 11.5 Å². The number of thioether (sulfide) groups is 1. The lowest BCUT2D eigenvalue weighted by molar-refractivity contribution is 0.0984. The molecule has 0 bridgehead atoms. The third-order valence-electron chi connectivity index (χ3n) is 5.89. The molecular formula is C25H26ClN3O6S. The first-order valence-electron chi connectivity index (χ1n) is 11.4. The molecule has 1 atom stereocenters. The van der Waals surface area contributed by atoms with Gasteiger partial charge in [-0.3, -0.25) is 9.59 Å². The van der Waals surface area contributed by atoms with Crippen molar-refractivity contribution in [1.29, 1.82) is 0 Å². The molecule has 0 spiro atoms. The van der Waals surface area contributed by atoms with Crippen LogP contribution in [0.25, 0.3) is 0 Å². The minimum absolute atomic E-state index is 0.0159. The van der Waals surface area contributed by atoms with Crippen LogP contribution in [0.3, 0.4) is 0 Å². The van der Waals surface area contributed by atoms with Crippen LogP contribution >= 0.6 is 23.4 Å². The number of halogens is 1. The van der Waals surface area contributed by atoms with Gasteiger partial charge in [-0.1, -0.05) is 17.8 Å². The van der Waals surface area contributed by atoms with Crippen LogP contribution in [-0.2, 0) is 11.2 Å². The first-order valence-corrected chi connectivity index (χ1v) is 12.8. The number of amides is 3. The number of imide groups is 1. The second-order valence-electron chi connectivity index (χ2n) is 8.10. The summed E-state index contributed by atoms with van der Waals surface area (Å²) in [4.78, 5) is 39.8. The lowest BCUT2D eigenvalue weighted by Gasteiger charge is -2.31. The maximum atomic E-state index is 13.4. The van der Waals surface area contributed by atoms with E-state index in [1.54, 1.807) is 30.2 Å². The Morgan fingerprint density at radius 3 is 2.64 bits per heavy atom. The number of methoxy groups -OCH3 is 2. The fourth-order valence-electron chi connectivity index (χ4n) is 4.17. The van der Waals surface area contributed by atoms with Crippen LogP contribution in [0.1, 0.15) is 34.8 Å². The van der Waals surface area contributed by atoms with Crippen LogP contribution in [0.15, 0.2) is 41.5 Å². The minimum atomic E-state index is -0.859. The zero-order valence-electron chi connectivity index (χ0n) is 20.2. The Labute approximate surface area is 218 Å². The molecule has 0 radical (unpaired) electrons. The molecule has 0 fully saturated rings. The molecular weight excluding hydrogens is 506 g/mol. The average Bonchev–Trinajstić information content (AvgIpc) is 2.90. The Kier molecular flexibility index (Phi) is 8.05. The van der Waals surface area contributed by atoms with Crippen molar-refractivity contribution in [2.45, 2.75) is 25.0 Å². The molecule has 11 heteroatoms. The molecule has 36 heavy (non-hydrogen) atoms. The van der Waals surface area contributed by atoms with Gasteiger partial charge >= 0.3 is 11.3 Å². The summed E-state index contributed by atoms with van der Waals surface area (Å²) in [6, 6.07) is 10.8. The molecule has 9 nitrogen and oxygen atoms in total. The maximum Gasteiger partial charge on any atom is 0.438 e. The second-order valence-corrected chi connectivity index (χ2v) is 9.77. The maximum absolute atomic E-state index is 13.4. The van der Waals surface area contributed by atoms with Crippen LogP contribution < -0.4 is 14.4 Å². The minimum Gasteiger partial charge on any atom is -0.493 e. The van der Waals surface area contributed by atoms with E-state index in [0.717, 1.165) is 46.4 Å². The molecule has 2 aromatic carbocycles. The van der Waals surface area contributed by atoms with Gasteiger partial charge in [0.05, 0.1) is 31.1 Å². The number of fused-ring (bicyclic) bond motifs is 1. The first kappa shape index (κ1) is 25.8. The molecule has 0 aliphatic carbocycles. The Morgan fingerprint density at radius 1 is 1.14 bits per heavy atom. The topological polar surface area (TPSA) is 97.7 Å². The third kappa shape index (κ3) is 5.15. The number of carbonyl (C=O) groups is 3. The second kappa shape index (κ2) is 11.2. The number of hydrogen-bond acceptors (Lipinski definition) is 8. The Hall–Kier alpha value is -3.24. The normalized spacial score (nSPS) is 17.3. The van der Waals surface area contributed by atoms with E-state index in [-0.39, 0.29) is 23.6 Å². The van der Waals surface area contributed by atoms with E-state index in [4.69, 9.17) is 25.8 Å². The highest BCUT2D eigenvalue weighted by molar-refractivity contribution is 8.14. The van der Waals surface area contributed by atoms with Gasteiger partial charge in [-0.2, -0.15) is 5.10 Å². The molecule has 3 amide bonds. The van der Waals surface area contributed by atoms with Crippen LogP contribution in [-0.4, -0.2) is 66.5 Å².